The summed E-state index contributed by atoms with van der Waals surface area (Å²) in [5.41, 5.74) is 4.32. The average molecular weight is 1580 g/mol. The number of Topliss-reactive ketones (excluding diaryl/α,β-unsaturated/α-hetero) is 1. The maximum atomic E-state index is 12.6. The molecule has 26 nitrogen and oxygen atoms in total. The largest absolute Gasteiger partial charge is 0.454 e. The number of nitrogens with two attached hydrogens (primary N) is 3. The number of rotatable bonds is 10. The number of H-pyrrole nitrogens is 1. The number of non-ortho nitro benzene ring substituents is 2. The number of carbonyl (C=O) groups excluding carboxylic acids is 1. The number of amidine groups is 1. The molecule has 0 aliphatic carbocycles. The summed E-state index contributed by atoms with van der Waals surface area (Å²) >= 11 is 19.8. The summed E-state index contributed by atoms with van der Waals surface area (Å²) in [6, 6.07) is 46.1. The van der Waals surface area contributed by atoms with Crippen molar-refractivity contribution in [2.24, 2.45) is 17.5 Å². The molecule has 9 aromatic rings. The molecule has 0 bridgehead atoms. The zero-order valence-corrected chi connectivity index (χ0v) is 56.2. The van der Waals surface area contributed by atoms with Gasteiger partial charge in [-0.25, -0.2) is 30.9 Å². The van der Waals surface area contributed by atoms with Gasteiger partial charge in [-0.3, -0.25) is 46.3 Å². The van der Waals surface area contributed by atoms with Crippen LogP contribution in [-0.4, -0.2) is 93.8 Å². The van der Waals surface area contributed by atoms with Crippen molar-refractivity contribution in [2.75, 3.05) is 34.2 Å². The van der Waals surface area contributed by atoms with Gasteiger partial charge in [0.2, 0.25) is 5.82 Å². The molecule has 3 aromatic heterocycles. The van der Waals surface area contributed by atoms with E-state index in [1.165, 1.54) is 45.7 Å². The first-order valence-electron chi connectivity index (χ1n) is 25.6. The summed E-state index contributed by atoms with van der Waals surface area (Å²) in [6.07, 6.45) is -12.2. The first-order valence-corrected chi connectivity index (χ1v) is 31.2. The van der Waals surface area contributed by atoms with Gasteiger partial charge in [0.1, 0.15) is 4.98 Å². The summed E-state index contributed by atoms with van der Waals surface area (Å²) in [4.78, 5) is 50.9. The van der Waals surface area contributed by atoms with Crippen molar-refractivity contribution in [3.8, 4) is 28.2 Å². The molecular weight excluding hydrogens is 1540 g/mol. The number of hydrazine groups is 3. The third kappa shape index (κ3) is 29.2. The summed E-state index contributed by atoms with van der Waals surface area (Å²) in [6.45, 7) is 0. The fourth-order valence-corrected chi connectivity index (χ4v) is 7.83. The molecule has 99 heavy (non-hydrogen) atoms. The zero-order chi connectivity index (χ0) is 75.1. The van der Waals surface area contributed by atoms with Crippen LogP contribution in [0.15, 0.2) is 185 Å². The topological polar surface area (TPSA) is 383 Å². The lowest BCUT2D eigenvalue weighted by Crippen LogP contribution is -2.34. The summed E-state index contributed by atoms with van der Waals surface area (Å²) in [5, 5.41) is 56.9. The van der Waals surface area contributed by atoms with Crippen LogP contribution in [0, 0.1) is 47.3 Å². The number of halogens is 16. The van der Waals surface area contributed by atoms with Crippen LogP contribution in [0.25, 0.3) is 17.1 Å². The van der Waals surface area contributed by atoms with E-state index >= 15 is 0 Å². The number of anilines is 3. The molecule has 0 radical (unpaired) electrons. The van der Waals surface area contributed by atoms with E-state index in [9.17, 15) is 82.5 Å². The van der Waals surface area contributed by atoms with Crippen molar-refractivity contribution < 1.29 is 67.3 Å². The molecule has 528 valence electrons. The Balaban J connectivity index is 0.000000398. The highest BCUT2D eigenvalue weighted by Crippen LogP contribution is 2.35. The number of nitrogens with one attached hydrogen (secondary N) is 3. The highest BCUT2D eigenvalue weighted by Gasteiger charge is 2.50. The summed E-state index contributed by atoms with van der Waals surface area (Å²) < 4.78 is 146. The number of para-hydroxylation sites is 4. The molecule has 0 atom stereocenters. The molecule has 45 heteroatoms. The van der Waals surface area contributed by atoms with Crippen LogP contribution in [0.1, 0.15) is 17.5 Å². The Morgan fingerprint density at radius 2 is 0.960 bits per heavy atom. The van der Waals surface area contributed by atoms with Gasteiger partial charge >= 0.3 is 30.4 Å². The van der Waals surface area contributed by atoms with Gasteiger partial charge in [-0.05, 0) is 91.6 Å². The molecule has 0 aliphatic rings. The van der Waals surface area contributed by atoms with Crippen molar-refractivity contribution in [2.45, 2.75) is 38.8 Å². The van der Waals surface area contributed by atoms with E-state index in [4.69, 9.17) is 33.5 Å². The molecule has 6 aromatic carbocycles. The standard InChI is InChI=1S/C10H7F3N4O2S.C10H8F3N3S.C9H5F3N4O3.C8H11N3S.C7H7N3.C6H8N2.C3Cl3F3O.CBrN/c1-20-9-14-8(10(11,12)13)15-16(9)6-2-4-7(5-3-6)17(18)19;1-17-9-14-8(10(11,12)13)15-16(9)7-5-3-2-4-6-7;10-9(11,12)7-13-8(17)15(14-7)5-1-3-6(4-2-5)16(18)19;1-12-8(9)11(10)7-5-3-2-4-6-7;8-6-10(9)7-4-2-1-3-5-7;7-8-6-4-2-1-3-5-6;4-2(5,6)1(10)3(7,8)9;2-1-3/h2-5H,1H3;2-6H,1H3;1-4H,(H,13,14,17);2-6,9H,10H2,1H3;1-5H,9H2;1-5,8H,7H2;;. The predicted molar refractivity (Wildman–Crippen MR) is 352 cm³/mol. The Hall–Kier alpha value is -9.50. The third-order valence-corrected chi connectivity index (χ3v) is 12.9. The lowest BCUT2D eigenvalue weighted by Gasteiger charge is -2.16. The Kier molecular flexibility index (Phi) is 34.9. The number of nitro groups is 2. The first kappa shape index (κ1) is 85.6. The van der Waals surface area contributed by atoms with Crippen molar-refractivity contribution in [1.29, 1.82) is 15.9 Å². The number of aromatic amines is 1. The molecule has 0 fully saturated rings. The molecule has 0 amide bonds. The molecule has 0 saturated heterocycles. The van der Waals surface area contributed by atoms with Gasteiger partial charge in [0, 0.05) is 45.9 Å². The fourth-order valence-electron chi connectivity index (χ4n) is 6.21. The molecule has 9 rings (SSSR count). The summed E-state index contributed by atoms with van der Waals surface area (Å²) in [7, 11) is 0. The predicted octanol–water partition coefficient (Wildman–Crippen LogP) is 14.2. The lowest BCUT2D eigenvalue weighted by atomic mass is 10.3. The van der Waals surface area contributed by atoms with E-state index in [1.54, 1.807) is 71.1 Å². The fraction of sp³-hybridized carbons (Fsp3) is 0.148. The van der Waals surface area contributed by atoms with Crippen LogP contribution in [0.4, 0.5) is 81.1 Å². The smallest absolute Gasteiger partial charge is 0.324 e. The second-order valence-corrected chi connectivity index (χ2v) is 22.2. The van der Waals surface area contributed by atoms with Gasteiger partial charge in [0.05, 0.1) is 38.3 Å². The Morgan fingerprint density at radius 1 is 0.606 bits per heavy atom. The van der Waals surface area contributed by atoms with Crippen LogP contribution >= 0.6 is 86.0 Å². The van der Waals surface area contributed by atoms with Gasteiger partial charge < -0.3 is 5.43 Å². The molecule has 0 spiro atoms. The second-order valence-electron chi connectivity index (χ2n) is 17.2. The third-order valence-electron chi connectivity index (χ3n) is 10.6. The van der Waals surface area contributed by atoms with E-state index < -0.39 is 67.3 Å². The van der Waals surface area contributed by atoms with Crippen molar-refractivity contribution >= 4 is 125 Å². The van der Waals surface area contributed by atoms with Gasteiger partial charge in [-0.15, -0.1) is 15.3 Å². The second kappa shape index (κ2) is 40.4. The van der Waals surface area contributed by atoms with Crippen LogP contribution < -0.4 is 38.7 Å². The van der Waals surface area contributed by atoms with Crippen LogP contribution in [0.2, 0.25) is 0 Å². The molecule has 9 N–H and O–H groups in total. The number of carbonyl (C=O) groups is 1. The average Bonchev–Trinajstić information content (AvgIpc) is 1.69. The minimum Gasteiger partial charge on any atom is -0.324 e. The van der Waals surface area contributed by atoms with E-state index in [0.717, 1.165) is 68.9 Å². The minimum atomic E-state index is -5.09. The maximum Gasteiger partial charge on any atom is 0.454 e. The number of nitro benzene ring substituents is 2. The Morgan fingerprint density at radius 3 is 1.24 bits per heavy atom. The van der Waals surface area contributed by atoms with E-state index in [-0.39, 0.29) is 33.1 Å². The first-order chi connectivity index (χ1) is 46.2. The van der Waals surface area contributed by atoms with Crippen molar-refractivity contribution in [1.82, 2.24) is 44.3 Å². The number of nitrogens with zero attached hydrogens (tertiary/aromatic N) is 14. The van der Waals surface area contributed by atoms with Gasteiger partial charge in [0.25, 0.3) is 32.6 Å². The highest BCUT2D eigenvalue weighted by atomic mass is 79.9. The number of aromatic nitrogens is 9. The van der Waals surface area contributed by atoms with E-state index in [0.29, 0.717) is 21.2 Å². The number of benzene rings is 6. The monoisotopic (exact) mass is 1580 g/mol. The molecule has 3 heterocycles. The zero-order valence-electron chi connectivity index (χ0n) is 49.9. The minimum absolute atomic E-state index is 0.0117. The number of hydrogen-bond acceptors (Lipinski definition) is 22. The number of thioether (sulfide) groups is 3. The summed E-state index contributed by atoms with van der Waals surface area (Å²) in [5.74, 6) is 9.82. The van der Waals surface area contributed by atoms with Crippen LogP contribution in [0.3, 0.4) is 0 Å². The Bertz CT molecular complexity index is 4120. The van der Waals surface area contributed by atoms with Crippen molar-refractivity contribution in [3.63, 3.8) is 0 Å². The molecular formula is C54H46BrCl3F12N20O6S3. The van der Waals surface area contributed by atoms with Gasteiger partial charge in [-0.1, -0.05) is 143 Å². The van der Waals surface area contributed by atoms with Crippen LogP contribution in [0.5, 0.6) is 0 Å². The van der Waals surface area contributed by atoms with E-state index in [2.05, 4.69) is 81.4 Å². The van der Waals surface area contributed by atoms with E-state index in [1.807, 2.05) is 85.1 Å². The SMILES string of the molecule is CSC(=N)N(N)c1ccccc1.CSc1nc(C(F)(F)F)nn1-c1ccc([N+](=O)[O-])cc1.CSc1nc(C(F)(F)F)nn1-c1ccccc1.N#CBr.N#CN(N)c1ccccc1.NNc1ccccc1.O=C(C(F)(F)F)C(Cl)(Cl)Cl.O=c1[nH]c(C(F)(F)F)nn1-c1ccc([N+](=O)[O-])cc1. The molecule has 0 unspecified atom stereocenters. The number of alkyl halides is 15. The number of nitriles is 2. The quantitative estimate of drug-likeness (QED) is 0.00707. The highest BCUT2D eigenvalue weighted by molar-refractivity contribution is 9.12. The molecule has 0 saturated carbocycles. The maximum absolute atomic E-state index is 12.6. The normalized spacial score (nSPS) is 10.7. The number of ketones is 1. The van der Waals surface area contributed by atoms with Crippen LogP contribution in [-0.2, 0) is 23.3 Å². The molecule has 0 aliphatic heterocycles. The lowest BCUT2D eigenvalue weighted by molar-refractivity contribution is -0.385. The number of nitrogen functional groups attached to an aromatic ring is 1. The Labute approximate surface area is 586 Å². The number of hydrogen-bond donors (Lipinski definition) is 6. The van der Waals surface area contributed by atoms with Crippen molar-refractivity contribution in [3.05, 3.63) is 218 Å². The van der Waals surface area contributed by atoms with Gasteiger partial charge in [-0.2, -0.15) is 77.9 Å². The van der Waals surface area contributed by atoms with Gasteiger partial charge in [0.15, 0.2) is 21.7 Å².